The van der Waals surface area contributed by atoms with Gasteiger partial charge in [0.1, 0.15) is 0 Å². The predicted molar refractivity (Wildman–Crippen MR) is 76.3 cm³/mol. The number of aliphatic hydroxyl groups is 1. The van der Waals surface area contributed by atoms with Gasteiger partial charge in [-0.15, -0.1) is 0 Å². The van der Waals surface area contributed by atoms with Crippen LogP contribution in [0.4, 0.5) is 0 Å². The van der Waals surface area contributed by atoms with E-state index in [-0.39, 0.29) is 5.92 Å². The van der Waals surface area contributed by atoms with Gasteiger partial charge in [0, 0.05) is 5.92 Å². The van der Waals surface area contributed by atoms with Crippen molar-refractivity contribution in [3.05, 3.63) is 69.7 Å². The Kier molecular flexibility index (Phi) is 4.28. The quantitative estimate of drug-likeness (QED) is 0.854. The summed E-state index contributed by atoms with van der Waals surface area (Å²) in [6.45, 7) is 1.99. The first-order valence-corrected chi connectivity index (χ1v) is 6.53. The first-order valence-electron chi connectivity index (χ1n) is 5.77. The van der Waals surface area contributed by atoms with Gasteiger partial charge in [0.2, 0.25) is 0 Å². The molecular weight excluding hydrogens is 267 g/mol. The smallest absolute Gasteiger partial charge is 0.0856 e. The van der Waals surface area contributed by atoms with Gasteiger partial charge in [-0.25, -0.2) is 0 Å². The summed E-state index contributed by atoms with van der Waals surface area (Å²) in [5.41, 5.74) is 1.87. The fourth-order valence-corrected chi connectivity index (χ4v) is 2.23. The average molecular weight is 281 g/mol. The maximum absolute atomic E-state index is 10.4. The number of aliphatic hydroxyl groups excluding tert-OH is 1. The molecule has 0 amide bonds. The van der Waals surface area contributed by atoms with Gasteiger partial charge in [0.05, 0.1) is 16.1 Å². The van der Waals surface area contributed by atoms with Crippen molar-refractivity contribution in [3.8, 4) is 0 Å². The summed E-state index contributed by atoms with van der Waals surface area (Å²) in [7, 11) is 0. The maximum Gasteiger partial charge on any atom is 0.0856 e. The summed E-state index contributed by atoms with van der Waals surface area (Å²) in [6.07, 6.45) is -0.595. The Hall–Kier alpha value is -1.02. The predicted octanol–water partition coefficient (Wildman–Crippen LogP) is 4.83. The molecule has 0 aromatic heterocycles. The summed E-state index contributed by atoms with van der Waals surface area (Å²) >= 11 is 11.8. The lowest BCUT2D eigenvalue weighted by atomic mass is 9.91. The molecule has 2 aromatic carbocycles. The molecule has 3 heteroatoms. The molecule has 94 valence electrons. The maximum atomic E-state index is 10.4. The highest BCUT2D eigenvalue weighted by atomic mass is 35.5. The third kappa shape index (κ3) is 2.86. The van der Waals surface area contributed by atoms with Crippen molar-refractivity contribution < 1.29 is 5.11 Å². The zero-order chi connectivity index (χ0) is 13.1. The molecule has 1 N–H and O–H groups in total. The van der Waals surface area contributed by atoms with Crippen LogP contribution in [0.3, 0.4) is 0 Å². The van der Waals surface area contributed by atoms with Crippen molar-refractivity contribution >= 4 is 23.2 Å². The summed E-state index contributed by atoms with van der Waals surface area (Å²) in [5.74, 6) is 0.00319. The van der Waals surface area contributed by atoms with Gasteiger partial charge in [-0.1, -0.05) is 66.5 Å². The fraction of sp³-hybridized carbons (Fsp3) is 0.200. The second kappa shape index (κ2) is 5.75. The lowest BCUT2D eigenvalue weighted by Gasteiger charge is -2.20. The molecule has 0 aliphatic rings. The molecular formula is C15H14Cl2O. The van der Waals surface area contributed by atoms with E-state index in [1.165, 1.54) is 0 Å². The molecule has 0 bridgehead atoms. The molecule has 0 saturated heterocycles. The van der Waals surface area contributed by atoms with Crippen molar-refractivity contribution in [1.82, 2.24) is 0 Å². The van der Waals surface area contributed by atoms with E-state index in [1.54, 1.807) is 18.2 Å². The molecule has 1 nitrogen and oxygen atoms in total. The highest BCUT2D eigenvalue weighted by molar-refractivity contribution is 6.42. The van der Waals surface area contributed by atoms with Gasteiger partial charge < -0.3 is 5.11 Å². The van der Waals surface area contributed by atoms with Crippen LogP contribution in [0.25, 0.3) is 0 Å². The topological polar surface area (TPSA) is 20.2 Å². The monoisotopic (exact) mass is 280 g/mol. The molecule has 0 aliphatic heterocycles. The van der Waals surface area contributed by atoms with Crippen LogP contribution in [0.5, 0.6) is 0 Å². The number of hydrogen-bond acceptors (Lipinski definition) is 1. The molecule has 0 aliphatic carbocycles. The normalized spacial score (nSPS) is 14.2. The Morgan fingerprint density at radius 3 is 2.17 bits per heavy atom. The Labute approximate surface area is 117 Å². The van der Waals surface area contributed by atoms with Crippen LogP contribution in [-0.2, 0) is 0 Å². The molecule has 0 heterocycles. The van der Waals surface area contributed by atoms with Crippen molar-refractivity contribution in [3.63, 3.8) is 0 Å². The van der Waals surface area contributed by atoms with Crippen LogP contribution in [0.2, 0.25) is 10.0 Å². The van der Waals surface area contributed by atoms with Crippen LogP contribution in [0.15, 0.2) is 48.5 Å². The van der Waals surface area contributed by atoms with E-state index in [9.17, 15) is 5.11 Å². The van der Waals surface area contributed by atoms with Crippen molar-refractivity contribution in [1.29, 1.82) is 0 Å². The second-order valence-electron chi connectivity index (χ2n) is 4.32. The van der Waals surface area contributed by atoms with Crippen LogP contribution in [0, 0.1) is 0 Å². The fourth-order valence-electron chi connectivity index (χ4n) is 1.92. The molecule has 18 heavy (non-hydrogen) atoms. The average Bonchev–Trinajstić information content (AvgIpc) is 2.41. The highest BCUT2D eigenvalue weighted by Crippen LogP contribution is 2.33. The zero-order valence-electron chi connectivity index (χ0n) is 9.98. The second-order valence-corrected chi connectivity index (χ2v) is 5.13. The summed E-state index contributed by atoms with van der Waals surface area (Å²) < 4.78 is 0. The Balaban J connectivity index is 2.25. The summed E-state index contributed by atoms with van der Waals surface area (Å²) in [5, 5.41) is 11.3. The minimum Gasteiger partial charge on any atom is -0.388 e. The van der Waals surface area contributed by atoms with Gasteiger partial charge in [-0.3, -0.25) is 0 Å². The largest absolute Gasteiger partial charge is 0.388 e. The number of rotatable bonds is 3. The lowest BCUT2D eigenvalue weighted by molar-refractivity contribution is 0.151. The van der Waals surface area contributed by atoms with E-state index < -0.39 is 6.10 Å². The molecule has 2 unspecified atom stereocenters. The van der Waals surface area contributed by atoms with Crippen LogP contribution in [-0.4, -0.2) is 5.11 Å². The highest BCUT2D eigenvalue weighted by Gasteiger charge is 2.18. The van der Waals surface area contributed by atoms with Gasteiger partial charge in [-0.05, 0) is 23.3 Å². The summed E-state index contributed by atoms with van der Waals surface area (Å²) in [6, 6.07) is 15.1. The van der Waals surface area contributed by atoms with E-state index in [0.29, 0.717) is 10.0 Å². The van der Waals surface area contributed by atoms with Gasteiger partial charge in [-0.2, -0.15) is 0 Å². The minimum absolute atomic E-state index is 0.00319. The molecule has 0 spiro atoms. The van der Waals surface area contributed by atoms with Crippen LogP contribution < -0.4 is 0 Å². The van der Waals surface area contributed by atoms with Gasteiger partial charge in [0.25, 0.3) is 0 Å². The third-order valence-corrected chi connectivity index (χ3v) is 3.82. The van der Waals surface area contributed by atoms with E-state index in [4.69, 9.17) is 23.2 Å². The summed E-state index contributed by atoms with van der Waals surface area (Å²) in [4.78, 5) is 0. The Bertz CT molecular complexity index is 525. The standard InChI is InChI=1S/C15H14Cl2O/c1-10(11-5-3-2-4-6-11)15(18)12-7-8-13(16)14(17)9-12/h2-10,15,18H,1H3. The first kappa shape index (κ1) is 13.4. The lowest BCUT2D eigenvalue weighted by Crippen LogP contribution is -2.07. The first-order chi connectivity index (χ1) is 8.59. The molecule has 0 fully saturated rings. The van der Waals surface area contributed by atoms with Crippen LogP contribution in [0.1, 0.15) is 30.1 Å². The van der Waals surface area contributed by atoms with E-state index >= 15 is 0 Å². The van der Waals surface area contributed by atoms with E-state index in [0.717, 1.165) is 11.1 Å². The molecule has 2 rings (SSSR count). The number of halogens is 2. The SMILES string of the molecule is CC(c1ccccc1)C(O)c1ccc(Cl)c(Cl)c1. The number of benzene rings is 2. The van der Waals surface area contributed by atoms with Gasteiger partial charge >= 0.3 is 0 Å². The third-order valence-electron chi connectivity index (χ3n) is 3.08. The number of hydrogen-bond donors (Lipinski definition) is 1. The molecule has 2 atom stereocenters. The Morgan fingerprint density at radius 2 is 1.56 bits per heavy atom. The van der Waals surface area contributed by atoms with E-state index in [2.05, 4.69) is 0 Å². The van der Waals surface area contributed by atoms with Crippen molar-refractivity contribution in [2.45, 2.75) is 18.9 Å². The van der Waals surface area contributed by atoms with Gasteiger partial charge in [0.15, 0.2) is 0 Å². The Morgan fingerprint density at radius 1 is 0.889 bits per heavy atom. The molecule has 0 radical (unpaired) electrons. The minimum atomic E-state index is -0.595. The molecule has 0 saturated carbocycles. The van der Waals surface area contributed by atoms with Crippen LogP contribution >= 0.6 is 23.2 Å². The zero-order valence-corrected chi connectivity index (χ0v) is 11.5. The van der Waals surface area contributed by atoms with Crippen molar-refractivity contribution in [2.24, 2.45) is 0 Å². The van der Waals surface area contributed by atoms with Crippen molar-refractivity contribution in [2.75, 3.05) is 0 Å². The van der Waals surface area contributed by atoms with E-state index in [1.807, 2.05) is 37.3 Å². The molecule has 2 aromatic rings.